The highest BCUT2D eigenvalue weighted by atomic mass is 15.2. The van der Waals surface area contributed by atoms with Gasteiger partial charge in [-0.05, 0) is 25.5 Å². The standard InChI is InChI=1S/C9H11N3/c1-6-7(2)12(3)9-8(6)4-5-10-11-9/h4-5H,1-3H3. The van der Waals surface area contributed by atoms with Gasteiger partial charge in [-0.1, -0.05) is 0 Å². The van der Waals surface area contributed by atoms with Gasteiger partial charge in [0, 0.05) is 18.1 Å². The molecule has 0 aromatic carbocycles. The monoisotopic (exact) mass is 161 g/mol. The molecule has 0 aliphatic carbocycles. The lowest BCUT2D eigenvalue weighted by atomic mass is 10.2. The number of rotatable bonds is 0. The van der Waals surface area contributed by atoms with Crippen molar-refractivity contribution in [2.75, 3.05) is 0 Å². The predicted molar refractivity (Wildman–Crippen MR) is 48.0 cm³/mol. The van der Waals surface area contributed by atoms with E-state index in [0.717, 1.165) is 5.65 Å². The van der Waals surface area contributed by atoms with E-state index in [0.29, 0.717) is 0 Å². The minimum absolute atomic E-state index is 0.965. The van der Waals surface area contributed by atoms with Crippen LogP contribution in [0.4, 0.5) is 0 Å². The molecule has 2 aromatic rings. The molecule has 2 aromatic heterocycles. The van der Waals surface area contributed by atoms with Crippen LogP contribution in [0.25, 0.3) is 11.0 Å². The summed E-state index contributed by atoms with van der Waals surface area (Å²) in [6.07, 6.45) is 1.73. The van der Waals surface area contributed by atoms with Crippen LogP contribution in [0, 0.1) is 13.8 Å². The predicted octanol–water partition coefficient (Wildman–Crippen LogP) is 1.59. The number of aromatic nitrogens is 3. The second-order valence-corrected chi connectivity index (χ2v) is 3.04. The Morgan fingerprint density at radius 1 is 1.33 bits per heavy atom. The van der Waals surface area contributed by atoms with Crippen molar-refractivity contribution in [3.63, 3.8) is 0 Å². The van der Waals surface area contributed by atoms with E-state index >= 15 is 0 Å². The number of fused-ring (bicyclic) bond motifs is 1. The molecule has 0 unspecified atom stereocenters. The van der Waals surface area contributed by atoms with Crippen molar-refractivity contribution in [2.45, 2.75) is 13.8 Å². The van der Waals surface area contributed by atoms with Crippen LogP contribution >= 0.6 is 0 Å². The molecule has 0 atom stereocenters. The summed E-state index contributed by atoms with van der Waals surface area (Å²) in [5, 5.41) is 9.13. The maximum Gasteiger partial charge on any atom is 0.162 e. The third-order valence-corrected chi connectivity index (χ3v) is 2.47. The van der Waals surface area contributed by atoms with Gasteiger partial charge in [-0.15, -0.1) is 5.10 Å². The summed E-state index contributed by atoms with van der Waals surface area (Å²) >= 11 is 0. The summed E-state index contributed by atoms with van der Waals surface area (Å²) in [4.78, 5) is 0. The van der Waals surface area contributed by atoms with E-state index in [-0.39, 0.29) is 0 Å². The van der Waals surface area contributed by atoms with Gasteiger partial charge in [0.25, 0.3) is 0 Å². The largest absolute Gasteiger partial charge is 0.331 e. The van der Waals surface area contributed by atoms with E-state index in [2.05, 4.69) is 28.6 Å². The van der Waals surface area contributed by atoms with E-state index in [1.807, 2.05) is 13.1 Å². The highest BCUT2D eigenvalue weighted by Crippen LogP contribution is 2.20. The topological polar surface area (TPSA) is 30.7 Å². The summed E-state index contributed by atoms with van der Waals surface area (Å²) in [6.45, 7) is 4.20. The van der Waals surface area contributed by atoms with Gasteiger partial charge in [0.15, 0.2) is 5.65 Å². The molecule has 2 rings (SSSR count). The lowest BCUT2D eigenvalue weighted by Gasteiger charge is -1.95. The van der Waals surface area contributed by atoms with Gasteiger partial charge in [0.2, 0.25) is 0 Å². The third-order valence-electron chi connectivity index (χ3n) is 2.47. The SMILES string of the molecule is Cc1c(C)n(C)c2nnccc12. The molecule has 2 heterocycles. The fraction of sp³-hybridized carbons (Fsp3) is 0.333. The lowest BCUT2D eigenvalue weighted by molar-refractivity contribution is 0.877. The number of hydrogen-bond donors (Lipinski definition) is 0. The fourth-order valence-electron chi connectivity index (χ4n) is 1.47. The molecule has 0 saturated heterocycles. The van der Waals surface area contributed by atoms with Gasteiger partial charge in [0.1, 0.15) is 0 Å². The summed E-state index contributed by atoms with van der Waals surface area (Å²) < 4.78 is 2.07. The minimum Gasteiger partial charge on any atom is -0.331 e. The van der Waals surface area contributed by atoms with Gasteiger partial charge in [-0.3, -0.25) is 0 Å². The van der Waals surface area contributed by atoms with Crippen LogP contribution < -0.4 is 0 Å². The molecule has 0 radical (unpaired) electrons. The molecule has 0 fully saturated rings. The van der Waals surface area contributed by atoms with Crippen molar-refractivity contribution < 1.29 is 0 Å². The first-order chi connectivity index (χ1) is 5.72. The second-order valence-electron chi connectivity index (χ2n) is 3.04. The number of nitrogens with zero attached hydrogens (tertiary/aromatic N) is 3. The zero-order valence-electron chi connectivity index (χ0n) is 7.50. The zero-order chi connectivity index (χ0) is 8.72. The van der Waals surface area contributed by atoms with Crippen molar-refractivity contribution in [3.05, 3.63) is 23.5 Å². The van der Waals surface area contributed by atoms with Gasteiger partial charge in [-0.2, -0.15) is 5.10 Å². The lowest BCUT2D eigenvalue weighted by Crippen LogP contribution is -1.92. The van der Waals surface area contributed by atoms with Crippen LogP contribution in [0.1, 0.15) is 11.3 Å². The molecule has 0 aliphatic rings. The Morgan fingerprint density at radius 3 is 2.75 bits per heavy atom. The smallest absolute Gasteiger partial charge is 0.162 e. The molecule has 0 amide bonds. The maximum absolute atomic E-state index is 4.08. The average molecular weight is 161 g/mol. The quantitative estimate of drug-likeness (QED) is 0.587. The Balaban J connectivity index is 2.99. The number of aryl methyl sites for hydroxylation is 2. The van der Waals surface area contributed by atoms with Gasteiger partial charge in [-0.25, -0.2) is 0 Å². The van der Waals surface area contributed by atoms with Crippen molar-refractivity contribution >= 4 is 11.0 Å². The van der Waals surface area contributed by atoms with Gasteiger partial charge < -0.3 is 4.57 Å². The first kappa shape index (κ1) is 7.28. The molecule has 0 N–H and O–H groups in total. The van der Waals surface area contributed by atoms with Crippen molar-refractivity contribution in [3.8, 4) is 0 Å². The van der Waals surface area contributed by atoms with Crippen molar-refractivity contribution in [1.82, 2.24) is 14.8 Å². The number of hydrogen-bond acceptors (Lipinski definition) is 2. The van der Waals surface area contributed by atoms with Gasteiger partial charge in [0.05, 0.1) is 6.20 Å². The van der Waals surface area contributed by atoms with E-state index in [1.165, 1.54) is 16.6 Å². The fourth-order valence-corrected chi connectivity index (χ4v) is 1.47. The summed E-state index contributed by atoms with van der Waals surface area (Å²) in [5.74, 6) is 0. The highest BCUT2D eigenvalue weighted by Gasteiger charge is 2.07. The first-order valence-corrected chi connectivity index (χ1v) is 3.95. The second kappa shape index (κ2) is 2.30. The van der Waals surface area contributed by atoms with Crippen LogP contribution in [-0.2, 0) is 7.05 Å². The first-order valence-electron chi connectivity index (χ1n) is 3.95. The summed E-state index contributed by atoms with van der Waals surface area (Å²) in [6, 6.07) is 2.00. The Kier molecular flexibility index (Phi) is 1.40. The molecule has 62 valence electrons. The van der Waals surface area contributed by atoms with E-state index in [9.17, 15) is 0 Å². The summed E-state index contributed by atoms with van der Waals surface area (Å²) in [5.41, 5.74) is 3.51. The summed E-state index contributed by atoms with van der Waals surface area (Å²) in [7, 11) is 2.01. The molecular weight excluding hydrogens is 150 g/mol. The van der Waals surface area contributed by atoms with Crippen LogP contribution in [0.3, 0.4) is 0 Å². The Labute approximate surface area is 71.0 Å². The van der Waals surface area contributed by atoms with Crippen LogP contribution in [-0.4, -0.2) is 14.8 Å². The average Bonchev–Trinajstić information content (AvgIpc) is 2.33. The molecule has 0 saturated carbocycles. The molecule has 0 aliphatic heterocycles. The Bertz CT molecular complexity index is 390. The molecule has 3 nitrogen and oxygen atoms in total. The van der Waals surface area contributed by atoms with Gasteiger partial charge >= 0.3 is 0 Å². The van der Waals surface area contributed by atoms with Crippen LogP contribution in [0.2, 0.25) is 0 Å². The van der Waals surface area contributed by atoms with E-state index in [1.54, 1.807) is 6.20 Å². The zero-order valence-corrected chi connectivity index (χ0v) is 7.50. The molecule has 0 bridgehead atoms. The van der Waals surface area contributed by atoms with Crippen molar-refractivity contribution in [2.24, 2.45) is 7.05 Å². The Hall–Kier alpha value is -1.38. The molecule has 12 heavy (non-hydrogen) atoms. The van der Waals surface area contributed by atoms with Crippen molar-refractivity contribution in [1.29, 1.82) is 0 Å². The Morgan fingerprint density at radius 2 is 2.08 bits per heavy atom. The maximum atomic E-state index is 4.08. The molecular formula is C9H11N3. The third kappa shape index (κ3) is 0.763. The van der Waals surface area contributed by atoms with E-state index in [4.69, 9.17) is 0 Å². The van der Waals surface area contributed by atoms with Crippen LogP contribution in [0.5, 0.6) is 0 Å². The van der Waals surface area contributed by atoms with E-state index < -0.39 is 0 Å². The normalized spacial score (nSPS) is 10.9. The highest BCUT2D eigenvalue weighted by molar-refractivity contribution is 5.80. The molecule has 3 heteroatoms. The minimum atomic E-state index is 0.965. The van der Waals surface area contributed by atoms with Crippen LogP contribution in [0.15, 0.2) is 12.3 Å². The molecule has 0 spiro atoms.